The van der Waals surface area contributed by atoms with E-state index in [1.807, 2.05) is 39.5 Å². The number of thioether (sulfide) groups is 1. The fourth-order valence-electron chi connectivity index (χ4n) is 1.66. The zero-order chi connectivity index (χ0) is 17.7. The number of hydrogen-bond acceptors (Lipinski definition) is 4. The number of halogens is 1. The lowest BCUT2D eigenvalue weighted by Crippen LogP contribution is -2.43. The zero-order valence-electron chi connectivity index (χ0n) is 16.0. The lowest BCUT2D eigenvalue weighted by atomic mass is 10.2. The van der Waals surface area contributed by atoms with E-state index in [2.05, 4.69) is 21.9 Å². The van der Waals surface area contributed by atoms with Crippen LogP contribution in [0.15, 0.2) is 4.99 Å². The summed E-state index contributed by atoms with van der Waals surface area (Å²) in [5, 5.41) is 6.46. The molecule has 144 valence electrons. The first-order valence-electron chi connectivity index (χ1n) is 8.25. The lowest BCUT2D eigenvalue weighted by molar-refractivity contribution is 0.0302. The van der Waals surface area contributed by atoms with Crippen LogP contribution >= 0.6 is 35.7 Å². The maximum Gasteiger partial charge on any atom is 0.410 e. The monoisotopic (exact) mass is 474 g/mol. The SMILES string of the molecule is CCNC(=NCCCCSC)NCCN(C)C(=O)OC(C)(C)C.I. The summed E-state index contributed by atoms with van der Waals surface area (Å²) in [4.78, 5) is 18.0. The summed E-state index contributed by atoms with van der Waals surface area (Å²) in [6.07, 6.45) is 4.09. The second-order valence-electron chi connectivity index (χ2n) is 6.29. The first-order valence-corrected chi connectivity index (χ1v) is 9.64. The van der Waals surface area contributed by atoms with Crippen LogP contribution in [0.5, 0.6) is 0 Å². The predicted molar refractivity (Wildman–Crippen MR) is 116 cm³/mol. The summed E-state index contributed by atoms with van der Waals surface area (Å²) >= 11 is 1.87. The summed E-state index contributed by atoms with van der Waals surface area (Å²) in [7, 11) is 1.74. The molecule has 0 aromatic heterocycles. The van der Waals surface area contributed by atoms with Gasteiger partial charge in [-0.25, -0.2) is 4.79 Å². The molecule has 0 spiro atoms. The molecular formula is C16H35IN4O2S. The Kier molecular flexibility index (Phi) is 16.1. The molecule has 0 unspecified atom stereocenters. The van der Waals surface area contributed by atoms with E-state index < -0.39 is 5.60 Å². The topological polar surface area (TPSA) is 66.0 Å². The Morgan fingerprint density at radius 1 is 1.25 bits per heavy atom. The van der Waals surface area contributed by atoms with E-state index in [1.54, 1.807) is 11.9 Å². The van der Waals surface area contributed by atoms with Crippen molar-refractivity contribution in [1.29, 1.82) is 0 Å². The first-order chi connectivity index (χ1) is 10.8. The lowest BCUT2D eigenvalue weighted by Gasteiger charge is -2.24. The van der Waals surface area contributed by atoms with Crippen LogP contribution in [0.2, 0.25) is 0 Å². The number of unbranched alkanes of at least 4 members (excludes halogenated alkanes) is 1. The van der Waals surface area contributed by atoms with Crippen molar-refractivity contribution >= 4 is 47.8 Å². The van der Waals surface area contributed by atoms with Gasteiger partial charge in [0, 0.05) is 33.2 Å². The predicted octanol–water partition coefficient (Wildman–Crippen LogP) is 3.17. The number of hydrogen-bond donors (Lipinski definition) is 2. The van der Waals surface area contributed by atoms with Crippen molar-refractivity contribution in [2.24, 2.45) is 4.99 Å². The van der Waals surface area contributed by atoms with Crippen LogP contribution in [0.4, 0.5) is 4.79 Å². The minimum Gasteiger partial charge on any atom is -0.444 e. The second-order valence-corrected chi connectivity index (χ2v) is 7.27. The van der Waals surface area contributed by atoms with Gasteiger partial charge in [0.1, 0.15) is 5.60 Å². The van der Waals surface area contributed by atoms with Gasteiger partial charge in [0.05, 0.1) is 0 Å². The summed E-state index contributed by atoms with van der Waals surface area (Å²) in [6.45, 7) is 10.5. The molecule has 0 radical (unpaired) electrons. The van der Waals surface area contributed by atoms with E-state index in [0.717, 1.165) is 25.5 Å². The average Bonchev–Trinajstić information content (AvgIpc) is 2.45. The van der Waals surface area contributed by atoms with Gasteiger partial charge in [-0.2, -0.15) is 11.8 Å². The molecule has 1 amide bonds. The van der Waals surface area contributed by atoms with Crippen LogP contribution in [0, 0.1) is 0 Å². The third-order valence-corrected chi connectivity index (χ3v) is 3.51. The van der Waals surface area contributed by atoms with Gasteiger partial charge in [0.15, 0.2) is 5.96 Å². The van der Waals surface area contributed by atoms with Gasteiger partial charge in [-0.05, 0) is 52.5 Å². The summed E-state index contributed by atoms with van der Waals surface area (Å²) in [5.74, 6) is 1.98. The molecule has 0 bridgehead atoms. The molecule has 0 heterocycles. The van der Waals surface area contributed by atoms with Crippen molar-refractivity contribution in [3.8, 4) is 0 Å². The van der Waals surface area contributed by atoms with Gasteiger partial charge in [0.2, 0.25) is 0 Å². The fourth-order valence-corrected chi connectivity index (χ4v) is 2.16. The van der Waals surface area contributed by atoms with Crippen molar-refractivity contribution in [2.75, 3.05) is 45.2 Å². The Hall–Kier alpha value is -0.380. The average molecular weight is 474 g/mol. The molecular weight excluding hydrogens is 439 g/mol. The smallest absolute Gasteiger partial charge is 0.410 e. The summed E-state index contributed by atoms with van der Waals surface area (Å²) < 4.78 is 5.32. The molecule has 0 aliphatic carbocycles. The highest BCUT2D eigenvalue weighted by atomic mass is 127. The number of likely N-dealkylation sites (N-methyl/N-ethyl adjacent to an activating group) is 1. The van der Waals surface area contributed by atoms with Crippen LogP contribution in [0.25, 0.3) is 0 Å². The number of carbonyl (C=O) groups is 1. The molecule has 0 aliphatic heterocycles. The number of carbonyl (C=O) groups excluding carboxylic acids is 1. The largest absolute Gasteiger partial charge is 0.444 e. The van der Waals surface area contributed by atoms with Gasteiger partial charge in [-0.3, -0.25) is 4.99 Å². The zero-order valence-corrected chi connectivity index (χ0v) is 19.1. The molecule has 0 aromatic rings. The molecule has 0 saturated carbocycles. The van der Waals surface area contributed by atoms with E-state index >= 15 is 0 Å². The maximum absolute atomic E-state index is 11.9. The highest BCUT2D eigenvalue weighted by molar-refractivity contribution is 14.0. The first kappa shape index (κ1) is 25.9. The molecule has 0 aliphatic rings. The minimum absolute atomic E-state index is 0. The molecule has 0 atom stereocenters. The van der Waals surface area contributed by atoms with E-state index in [1.165, 1.54) is 12.2 Å². The normalized spacial score (nSPS) is 11.5. The van der Waals surface area contributed by atoms with Crippen LogP contribution in [-0.4, -0.2) is 67.8 Å². The number of ether oxygens (including phenoxy) is 1. The van der Waals surface area contributed by atoms with Crippen molar-refractivity contribution in [3.63, 3.8) is 0 Å². The molecule has 8 heteroatoms. The Morgan fingerprint density at radius 2 is 1.92 bits per heavy atom. The standard InChI is InChI=1S/C16H34N4O2S.HI/c1-7-17-14(18-10-8-9-13-23-6)19-11-12-20(5)15(21)22-16(2,3)4;/h7-13H2,1-6H3,(H2,17,18,19);1H. The van der Waals surface area contributed by atoms with Crippen LogP contribution < -0.4 is 10.6 Å². The number of nitrogens with one attached hydrogen (secondary N) is 2. The molecule has 0 rings (SSSR count). The Bertz CT molecular complexity index is 362. The Morgan fingerprint density at radius 3 is 2.46 bits per heavy atom. The van der Waals surface area contributed by atoms with Crippen LogP contribution in [0.3, 0.4) is 0 Å². The van der Waals surface area contributed by atoms with Crippen LogP contribution in [0.1, 0.15) is 40.5 Å². The Labute approximate surface area is 169 Å². The minimum atomic E-state index is -0.466. The third-order valence-electron chi connectivity index (χ3n) is 2.82. The summed E-state index contributed by atoms with van der Waals surface area (Å²) in [6, 6.07) is 0. The number of amides is 1. The van der Waals surface area contributed by atoms with E-state index in [0.29, 0.717) is 13.1 Å². The number of aliphatic imine (C=N–C) groups is 1. The van der Waals surface area contributed by atoms with Crippen molar-refractivity contribution in [2.45, 2.75) is 46.1 Å². The Balaban J connectivity index is 0. The second kappa shape index (κ2) is 14.9. The van der Waals surface area contributed by atoms with Crippen molar-refractivity contribution < 1.29 is 9.53 Å². The fraction of sp³-hybridized carbons (Fsp3) is 0.875. The third kappa shape index (κ3) is 15.2. The van der Waals surface area contributed by atoms with E-state index in [-0.39, 0.29) is 30.1 Å². The summed E-state index contributed by atoms with van der Waals surface area (Å²) in [5.41, 5.74) is -0.466. The molecule has 0 fully saturated rings. The quantitative estimate of drug-likeness (QED) is 0.233. The van der Waals surface area contributed by atoms with E-state index in [4.69, 9.17) is 4.74 Å². The molecule has 0 aromatic carbocycles. The highest BCUT2D eigenvalue weighted by Gasteiger charge is 2.19. The maximum atomic E-state index is 11.9. The van der Waals surface area contributed by atoms with E-state index in [9.17, 15) is 4.79 Å². The van der Waals surface area contributed by atoms with Gasteiger partial charge >= 0.3 is 6.09 Å². The number of guanidine groups is 1. The molecule has 0 saturated heterocycles. The van der Waals surface area contributed by atoms with Crippen LogP contribution in [-0.2, 0) is 4.74 Å². The van der Waals surface area contributed by atoms with Crippen molar-refractivity contribution in [3.05, 3.63) is 0 Å². The molecule has 2 N–H and O–H groups in total. The molecule has 24 heavy (non-hydrogen) atoms. The van der Waals surface area contributed by atoms with Gasteiger partial charge in [-0.1, -0.05) is 0 Å². The van der Waals surface area contributed by atoms with Gasteiger partial charge in [-0.15, -0.1) is 24.0 Å². The molecule has 6 nitrogen and oxygen atoms in total. The number of rotatable bonds is 9. The van der Waals surface area contributed by atoms with Gasteiger partial charge < -0.3 is 20.3 Å². The van der Waals surface area contributed by atoms with Gasteiger partial charge in [0.25, 0.3) is 0 Å². The highest BCUT2D eigenvalue weighted by Crippen LogP contribution is 2.08. The van der Waals surface area contributed by atoms with Crippen molar-refractivity contribution in [1.82, 2.24) is 15.5 Å². The number of nitrogens with zero attached hydrogens (tertiary/aromatic N) is 2.